The summed E-state index contributed by atoms with van der Waals surface area (Å²) in [6.45, 7) is 2.14. The van der Waals surface area contributed by atoms with Crippen molar-refractivity contribution in [3.05, 3.63) is 59.4 Å². The zero-order chi connectivity index (χ0) is 26.7. The first kappa shape index (κ1) is 27.7. The number of carbonyl (C=O) groups is 1. The van der Waals surface area contributed by atoms with Gasteiger partial charge in [0.15, 0.2) is 11.6 Å². The predicted octanol–water partition coefficient (Wildman–Crippen LogP) is 8.13. The lowest BCUT2D eigenvalue weighted by Crippen LogP contribution is -2.46. The molecule has 198 valence electrons. The third-order valence-corrected chi connectivity index (χ3v) is 6.23. The molecule has 0 saturated heterocycles. The van der Waals surface area contributed by atoms with Crippen molar-refractivity contribution in [3.8, 4) is 11.5 Å². The Labute approximate surface area is 202 Å². The molecule has 3 rings (SSSR count). The average Bonchev–Trinajstić information content (AvgIpc) is 2.80. The highest BCUT2D eigenvalue weighted by Crippen LogP contribution is 2.40. The van der Waals surface area contributed by atoms with Gasteiger partial charge in [-0.05, 0) is 67.3 Å². The van der Waals surface area contributed by atoms with E-state index in [-0.39, 0.29) is 12.0 Å². The fourth-order valence-corrected chi connectivity index (χ4v) is 4.26. The topological polar surface area (TPSA) is 35.5 Å². The van der Waals surface area contributed by atoms with Crippen LogP contribution in [-0.2, 0) is 10.9 Å². The molecule has 2 aromatic carbocycles. The Bertz CT molecular complexity index is 1040. The molecule has 0 amide bonds. The van der Waals surface area contributed by atoms with E-state index in [1.54, 1.807) is 12.1 Å². The fourth-order valence-electron chi connectivity index (χ4n) is 4.26. The molecule has 1 saturated carbocycles. The molecule has 0 aromatic heterocycles. The Morgan fingerprint density at radius 1 is 0.917 bits per heavy atom. The SMILES string of the molecule is CCCC1CCC(c2ccc(C(F)(F)Oc3ccc(OC(=O)C(F)(F)C(F)(F)F)c(F)c3)cc2)CC1. The van der Waals surface area contributed by atoms with Crippen LogP contribution in [0, 0.1) is 11.7 Å². The summed E-state index contributed by atoms with van der Waals surface area (Å²) in [5.74, 6) is -11.7. The highest BCUT2D eigenvalue weighted by Gasteiger charge is 2.65. The maximum Gasteiger partial charge on any atom is 0.465 e. The number of carbonyl (C=O) groups excluding carboxylic acids is 1. The summed E-state index contributed by atoms with van der Waals surface area (Å²) < 4.78 is 114. The number of ether oxygens (including phenoxy) is 2. The highest BCUT2D eigenvalue weighted by molar-refractivity contribution is 5.81. The Morgan fingerprint density at radius 2 is 1.53 bits per heavy atom. The maximum absolute atomic E-state index is 14.6. The Hall–Kier alpha value is -2.85. The highest BCUT2D eigenvalue weighted by atomic mass is 19.4. The van der Waals surface area contributed by atoms with Crippen molar-refractivity contribution in [2.75, 3.05) is 0 Å². The minimum Gasteiger partial charge on any atom is -0.429 e. The van der Waals surface area contributed by atoms with Gasteiger partial charge in [-0.25, -0.2) is 9.18 Å². The van der Waals surface area contributed by atoms with Gasteiger partial charge < -0.3 is 9.47 Å². The lowest BCUT2D eigenvalue weighted by atomic mass is 9.77. The second-order valence-corrected chi connectivity index (χ2v) is 8.80. The number of halogens is 8. The van der Waals surface area contributed by atoms with Crippen LogP contribution >= 0.6 is 0 Å². The minimum atomic E-state index is -6.25. The van der Waals surface area contributed by atoms with Gasteiger partial charge in [-0.2, -0.15) is 30.7 Å². The zero-order valence-corrected chi connectivity index (χ0v) is 19.2. The molecule has 0 radical (unpaired) electrons. The normalized spacial score (nSPS) is 19.1. The van der Waals surface area contributed by atoms with Crippen molar-refractivity contribution in [3.63, 3.8) is 0 Å². The van der Waals surface area contributed by atoms with Gasteiger partial charge in [0.05, 0.1) is 5.56 Å². The van der Waals surface area contributed by atoms with Gasteiger partial charge in [-0.1, -0.05) is 31.9 Å². The molecule has 1 aliphatic carbocycles. The molecule has 0 heterocycles. The lowest BCUT2D eigenvalue weighted by Gasteiger charge is -2.29. The van der Waals surface area contributed by atoms with Crippen molar-refractivity contribution >= 4 is 5.97 Å². The van der Waals surface area contributed by atoms with Crippen LogP contribution in [0.4, 0.5) is 35.1 Å². The largest absolute Gasteiger partial charge is 0.465 e. The van der Waals surface area contributed by atoms with Crippen molar-refractivity contribution < 1.29 is 49.4 Å². The fraction of sp³-hybridized carbons (Fsp3) is 0.480. The van der Waals surface area contributed by atoms with E-state index < -0.39 is 47.1 Å². The molecule has 11 heteroatoms. The standard InChI is InChI=1S/C25H24F8O3/c1-2-3-15-4-6-16(7-5-15)17-8-10-18(11-9-17)24(29,30)36-19-12-13-21(20(26)14-19)35-22(34)23(27,28)25(31,32)33/h8-16H,2-7H2,1H3. The maximum atomic E-state index is 14.6. The van der Waals surface area contributed by atoms with Crippen molar-refractivity contribution in [2.24, 2.45) is 5.92 Å². The number of hydrogen-bond donors (Lipinski definition) is 0. The van der Waals surface area contributed by atoms with E-state index in [1.807, 2.05) is 0 Å². The first-order valence-corrected chi connectivity index (χ1v) is 11.4. The molecule has 0 unspecified atom stereocenters. The summed E-state index contributed by atoms with van der Waals surface area (Å²) in [5.41, 5.74) is 0.407. The van der Waals surface area contributed by atoms with E-state index >= 15 is 0 Å². The van der Waals surface area contributed by atoms with Crippen LogP contribution in [-0.4, -0.2) is 18.1 Å². The molecule has 2 aromatic rings. The summed E-state index contributed by atoms with van der Waals surface area (Å²) in [5, 5.41) is 0. The van der Waals surface area contributed by atoms with Gasteiger partial charge in [-0.15, -0.1) is 0 Å². The molecule has 0 bridgehead atoms. The summed E-state index contributed by atoms with van der Waals surface area (Å²) in [6, 6.07) is 6.92. The van der Waals surface area contributed by atoms with Gasteiger partial charge in [-0.3, -0.25) is 0 Å². The third-order valence-electron chi connectivity index (χ3n) is 6.23. The number of esters is 1. The van der Waals surface area contributed by atoms with Gasteiger partial charge in [0.1, 0.15) is 5.75 Å². The summed E-state index contributed by atoms with van der Waals surface area (Å²) in [4.78, 5) is 11.1. The number of hydrogen-bond acceptors (Lipinski definition) is 3. The van der Waals surface area contributed by atoms with E-state index in [0.29, 0.717) is 18.1 Å². The van der Waals surface area contributed by atoms with Crippen LogP contribution in [0.3, 0.4) is 0 Å². The summed E-state index contributed by atoms with van der Waals surface area (Å²) in [6.07, 6.45) is -3.73. The minimum absolute atomic E-state index is 0.274. The van der Waals surface area contributed by atoms with Crippen LogP contribution in [0.2, 0.25) is 0 Å². The zero-order valence-electron chi connectivity index (χ0n) is 19.2. The quantitative estimate of drug-likeness (QED) is 0.199. The number of alkyl halides is 7. The molecular formula is C25H24F8O3. The molecule has 0 atom stereocenters. The predicted molar refractivity (Wildman–Crippen MR) is 114 cm³/mol. The van der Waals surface area contributed by atoms with E-state index in [1.165, 1.54) is 18.6 Å². The molecule has 1 fully saturated rings. The van der Waals surface area contributed by atoms with Gasteiger partial charge in [0, 0.05) is 6.07 Å². The monoisotopic (exact) mass is 524 g/mol. The molecule has 3 nitrogen and oxygen atoms in total. The van der Waals surface area contributed by atoms with E-state index in [0.717, 1.165) is 37.7 Å². The van der Waals surface area contributed by atoms with Crippen molar-refractivity contribution in [1.29, 1.82) is 0 Å². The van der Waals surface area contributed by atoms with Crippen LogP contribution in [0.5, 0.6) is 11.5 Å². The molecule has 0 spiro atoms. The first-order chi connectivity index (χ1) is 16.7. The molecule has 0 aliphatic heterocycles. The molecule has 36 heavy (non-hydrogen) atoms. The van der Waals surface area contributed by atoms with Crippen LogP contribution < -0.4 is 9.47 Å². The van der Waals surface area contributed by atoms with E-state index in [4.69, 9.17) is 0 Å². The molecule has 0 N–H and O–H groups in total. The second-order valence-electron chi connectivity index (χ2n) is 8.80. The molecule has 1 aliphatic rings. The lowest BCUT2D eigenvalue weighted by molar-refractivity contribution is -0.276. The van der Waals surface area contributed by atoms with Crippen LogP contribution in [0.15, 0.2) is 42.5 Å². The first-order valence-electron chi connectivity index (χ1n) is 11.4. The Kier molecular flexibility index (Phi) is 8.20. The molecular weight excluding hydrogens is 500 g/mol. The average molecular weight is 524 g/mol. The second kappa shape index (κ2) is 10.6. The van der Waals surface area contributed by atoms with Crippen LogP contribution in [0.25, 0.3) is 0 Å². The van der Waals surface area contributed by atoms with Gasteiger partial charge >= 0.3 is 24.2 Å². The van der Waals surface area contributed by atoms with E-state index in [9.17, 15) is 39.9 Å². The third kappa shape index (κ3) is 6.28. The summed E-state index contributed by atoms with van der Waals surface area (Å²) in [7, 11) is 0. The van der Waals surface area contributed by atoms with Gasteiger partial charge in [0.25, 0.3) is 0 Å². The van der Waals surface area contributed by atoms with E-state index in [2.05, 4.69) is 16.4 Å². The van der Waals surface area contributed by atoms with Crippen molar-refractivity contribution in [1.82, 2.24) is 0 Å². The Balaban J connectivity index is 1.65. The summed E-state index contributed by atoms with van der Waals surface area (Å²) >= 11 is 0. The Morgan fingerprint density at radius 3 is 2.06 bits per heavy atom. The number of benzene rings is 2. The smallest absolute Gasteiger partial charge is 0.429 e. The van der Waals surface area contributed by atoms with Gasteiger partial charge in [0.2, 0.25) is 0 Å². The number of rotatable bonds is 8. The van der Waals surface area contributed by atoms with Crippen LogP contribution in [0.1, 0.15) is 62.5 Å². The van der Waals surface area contributed by atoms with Crippen molar-refractivity contribution in [2.45, 2.75) is 69.6 Å².